The van der Waals surface area contributed by atoms with Gasteiger partial charge in [0, 0.05) is 28.9 Å². The Balaban J connectivity index is 1.72. The number of fused-ring (bicyclic) bond motifs is 1. The van der Waals surface area contributed by atoms with Gasteiger partial charge in [0.1, 0.15) is 11.8 Å². The first-order valence-corrected chi connectivity index (χ1v) is 11.5. The van der Waals surface area contributed by atoms with E-state index in [9.17, 15) is 24.8 Å². The van der Waals surface area contributed by atoms with Crippen LogP contribution < -0.4 is 4.90 Å². The molecule has 0 aliphatic carbocycles. The van der Waals surface area contributed by atoms with E-state index >= 15 is 0 Å². The van der Waals surface area contributed by atoms with Crippen molar-refractivity contribution in [1.82, 2.24) is 9.97 Å². The largest absolute Gasteiger partial charge is 0.507 e. The zero-order valence-electron chi connectivity index (χ0n) is 18.0. The number of nitro groups is 1. The topological polar surface area (TPSA) is 127 Å². The summed E-state index contributed by atoms with van der Waals surface area (Å²) < 4.78 is 0.766. The van der Waals surface area contributed by atoms with E-state index < -0.39 is 28.4 Å². The lowest BCUT2D eigenvalue weighted by Crippen LogP contribution is -2.29. The normalized spacial score (nSPS) is 17.3. The summed E-state index contributed by atoms with van der Waals surface area (Å²) >= 11 is 7.43. The number of thiazole rings is 1. The molecular weight excluding hydrogens is 492 g/mol. The van der Waals surface area contributed by atoms with Gasteiger partial charge in [-0.25, -0.2) is 4.98 Å². The Hall–Kier alpha value is -4.15. The minimum absolute atomic E-state index is 0.0323. The van der Waals surface area contributed by atoms with Crippen LogP contribution in [0.25, 0.3) is 16.0 Å². The van der Waals surface area contributed by atoms with Crippen molar-refractivity contribution in [3.05, 3.63) is 98.3 Å². The van der Waals surface area contributed by atoms with Crippen LogP contribution in [0.15, 0.2) is 66.4 Å². The van der Waals surface area contributed by atoms with E-state index in [0.717, 1.165) is 16.3 Å². The highest BCUT2D eigenvalue weighted by molar-refractivity contribution is 7.22. The number of nitro benzene ring substituents is 1. The molecule has 3 heterocycles. The van der Waals surface area contributed by atoms with Crippen molar-refractivity contribution in [2.45, 2.75) is 13.0 Å². The first-order chi connectivity index (χ1) is 16.8. The van der Waals surface area contributed by atoms with Crippen LogP contribution >= 0.6 is 22.9 Å². The molecule has 1 atom stereocenters. The number of rotatable bonds is 4. The van der Waals surface area contributed by atoms with Gasteiger partial charge in [0.15, 0.2) is 5.13 Å². The molecule has 35 heavy (non-hydrogen) atoms. The Bertz CT molecular complexity index is 1530. The summed E-state index contributed by atoms with van der Waals surface area (Å²) in [5.41, 5.74) is 1.25. The van der Waals surface area contributed by atoms with Gasteiger partial charge < -0.3 is 5.11 Å². The van der Waals surface area contributed by atoms with Crippen LogP contribution in [0.1, 0.15) is 22.9 Å². The van der Waals surface area contributed by atoms with E-state index in [-0.39, 0.29) is 22.0 Å². The molecule has 0 bridgehead atoms. The number of nitrogens with zero attached hydrogens (tertiary/aromatic N) is 4. The van der Waals surface area contributed by atoms with E-state index in [1.807, 2.05) is 13.0 Å². The third-order valence-electron chi connectivity index (χ3n) is 5.61. The second kappa shape index (κ2) is 8.57. The summed E-state index contributed by atoms with van der Waals surface area (Å²) in [6.45, 7) is 1.85. The number of carbonyl (C=O) groups excluding carboxylic acids is 2. The number of halogens is 1. The number of amides is 1. The monoisotopic (exact) mass is 506 g/mol. The molecule has 11 heteroatoms. The van der Waals surface area contributed by atoms with Gasteiger partial charge in [-0.3, -0.25) is 29.6 Å². The number of pyridine rings is 1. The number of hydrogen-bond donors (Lipinski definition) is 1. The van der Waals surface area contributed by atoms with Crippen molar-refractivity contribution in [2.24, 2.45) is 0 Å². The van der Waals surface area contributed by atoms with Crippen molar-refractivity contribution in [2.75, 3.05) is 4.90 Å². The van der Waals surface area contributed by atoms with Gasteiger partial charge in [0.05, 0.1) is 26.4 Å². The Morgan fingerprint density at radius 1 is 1.17 bits per heavy atom. The van der Waals surface area contributed by atoms with Gasteiger partial charge >= 0.3 is 5.91 Å². The minimum Gasteiger partial charge on any atom is -0.507 e. The minimum atomic E-state index is -1.09. The zero-order chi connectivity index (χ0) is 24.9. The van der Waals surface area contributed by atoms with Gasteiger partial charge in [0.25, 0.3) is 11.5 Å². The van der Waals surface area contributed by atoms with Crippen LogP contribution in [0.3, 0.4) is 0 Å². The number of carbonyl (C=O) groups is 2. The number of ketones is 1. The van der Waals surface area contributed by atoms with Gasteiger partial charge in [-0.05, 0) is 36.8 Å². The second-order valence-corrected chi connectivity index (χ2v) is 9.21. The van der Waals surface area contributed by atoms with Gasteiger partial charge in [-0.1, -0.05) is 41.1 Å². The van der Waals surface area contributed by atoms with E-state index in [4.69, 9.17) is 11.6 Å². The lowest BCUT2D eigenvalue weighted by molar-refractivity contribution is -0.384. The molecule has 5 rings (SSSR count). The molecule has 0 spiro atoms. The fourth-order valence-electron chi connectivity index (χ4n) is 3.91. The highest BCUT2D eigenvalue weighted by Gasteiger charge is 2.49. The van der Waals surface area contributed by atoms with E-state index in [0.29, 0.717) is 16.2 Å². The number of aryl methyl sites for hydroxylation is 1. The summed E-state index contributed by atoms with van der Waals surface area (Å²) in [5.74, 6) is -2.38. The fourth-order valence-corrected chi connectivity index (χ4v) is 5.14. The number of anilines is 1. The summed E-state index contributed by atoms with van der Waals surface area (Å²) in [4.78, 5) is 47.1. The molecule has 174 valence electrons. The molecule has 4 aromatic rings. The maximum Gasteiger partial charge on any atom is 0.301 e. The van der Waals surface area contributed by atoms with Crippen molar-refractivity contribution >= 4 is 61.4 Å². The van der Waals surface area contributed by atoms with E-state index in [1.54, 1.807) is 24.3 Å². The molecule has 1 aliphatic heterocycles. The number of aromatic nitrogens is 2. The summed E-state index contributed by atoms with van der Waals surface area (Å²) in [5, 5.41) is 23.1. The first kappa shape index (κ1) is 22.6. The molecule has 0 radical (unpaired) electrons. The molecule has 1 saturated heterocycles. The third-order valence-corrected chi connectivity index (χ3v) is 7.03. The van der Waals surface area contributed by atoms with Crippen LogP contribution in [-0.4, -0.2) is 31.7 Å². The molecular formula is C24H15ClN4O5S. The van der Waals surface area contributed by atoms with Crippen LogP contribution in [0.5, 0.6) is 0 Å². The van der Waals surface area contributed by atoms with Crippen molar-refractivity contribution in [3.63, 3.8) is 0 Å². The zero-order valence-corrected chi connectivity index (χ0v) is 19.6. The lowest BCUT2D eigenvalue weighted by Gasteiger charge is -2.21. The lowest BCUT2D eigenvalue weighted by atomic mass is 9.98. The Kier molecular flexibility index (Phi) is 5.54. The standard InChI is InChI=1S/C24H15ClN4O5S/c1-12-9-18-17(11-15(12)25)27-24(35-18)28-20(16-7-2-3-8-26-16)19(22(31)23(28)32)21(30)13-5-4-6-14(10-13)29(33)34/h2-11,20,30H,1H3/b21-19+. The average molecular weight is 507 g/mol. The number of benzene rings is 2. The Labute approximate surface area is 207 Å². The number of aliphatic hydroxyl groups excluding tert-OH is 1. The van der Waals surface area contributed by atoms with Gasteiger partial charge in [0.2, 0.25) is 0 Å². The van der Waals surface area contributed by atoms with Gasteiger partial charge in [-0.2, -0.15) is 0 Å². The second-order valence-electron chi connectivity index (χ2n) is 7.80. The van der Waals surface area contributed by atoms with Crippen LogP contribution in [-0.2, 0) is 9.59 Å². The third kappa shape index (κ3) is 3.82. The highest BCUT2D eigenvalue weighted by Crippen LogP contribution is 2.44. The number of aliphatic hydroxyl groups is 1. The van der Waals surface area contributed by atoms with Crippen molar-refractivity contribution in [3.8, 4) is 0 Å². The molecule has 1 fully saturated rings. The number of non-ortho nitro benzene ring substituents is 1. The van der Waals surface area contributed by atoms with Crippen molar-refractivity contribution < 1.29 is 19.6 Å². The quantitative estimate of drug-likeness (QED) is 0.133. The highest BCUT2D eigenvalue weighted by atomic mass is 35.5. The number of hydrogen-bond acceptors (Lipinski definition) is 8. The molecule has 1 N–H and O–H groups in total. The molecule has 1 unspecified atom stereocenters. The van der Waals surface area contributed by atoms with E-state index in [2.05, 4.69) is 9.97 Å². The molecule has 1 amide bonds. The van der Waals surface area contributed by atoms with Gasteiger partial charge in [-0.15, -0.1) is 0 Å². The maximum absolute atomic E-state index is 13.3. The Morgan fingerprint density at radius 3 is 2.69 bits per heavy atom. The summed E-state index contributed by atoms with van der Waals surface area (Å²) in [6.07, 6.45) is 1.50. The summed E-state index contributed by atoms with van der Waals surface area (Å²) in [6, 6.07) is 12.6. The predicted octanol–water partition coefficient (Wildman–Crippen LogP) is 5.19. The SMILES string of the molecule is Cc1cc2sc(N3C(=O)C(=O)/C(=C(/O)c4cccc([N+](=O)[O-])c4)C3c3ccccn3)nc2cc1Cl. The van der Waals surface area contributed by atoms with Crippen LogP contribution in [0, 0.1) is 17.0 Å². The molecule has 2 aromatic heterocycles. The Morgan fingerprint density at radius 2 is 1.97 bits per heavy atom. The van der Waals surface area contributed by atoms with Crippen molar-refractivity contribution in [1.29, 1.82) is 0 Å². The van der Waals surface area contributed by atoms with E-state index in [1.165, 1.54) is 40.6 Å². The molecule has 1 aliphatic rings. The average Bonchev–Trinajstić information content (AvgIpc) is 3.37. The molecule has 0 saturated carbocycles. The van der Waals surface area contributed by atoms with Crippen LogP contribution in [0.2, 0.25) is 5.02 Å². The maximum atomic E-state index is 13.3. The number of Topliss-reactive ketones (excluding diaryl/α,β-unsaturated/α-hetero) is 1. The smallest absolute Gasteiger partial charge is 0.301 e. The van der Waals surface area contributed by atoms with Crippen LogP contribution in [0.4, 0.5) is 10.8 Å². The first-order valence-electron chi connectivity index (χ1n) is 10.3. The molecule has 9 nitrogen and oxygen atoms in total. The predicted molar refractivity (Wildman–Crippen MR) is 131 cm³/mol. The molecule has 2 aromatic carbocycles. The summed E-state index contributed by atoms with van der Waals surface area (Å²) in [7, 11) is 0. The fraction of sp³-hybridized carbons (Fsp3) is 0.0833.